The van der Waals surface area contributed by atoms with Crippen molar-refractivity contribution in [1.82, 2.24) is 0 Å². The van der Waals surface area contributed by atoms with Gasteiger partial charge in [-0.3, -0.25) is 0 Å². The Kier molecular flexibility index (Phi) is 5.54. The summed E-state index contributed by atoms with van der Waals surface area (Å²) in [4.78, 5) is 16.1. The Bertz CT molecular complexity index is 1230. The summed E-state index contributed by atoms with van der Waals surface area (Å²) in [7, 11) is 3.27. The predicted molar refractivity (Wildman–Crippen MR) is 122 cm³/mol. The molecular weight excluding hydrogens is 422 g/mol. The van der Waals surface area contributed by atoms with Gasteiger partial charge in [-0.15, -0.1) is 0 Å². The van der Waals surface area contributed by atoms with E-state index in [0.29, 0.717) is 17.3 Å². The van der Waals surface area contributed by atoms with Crippen LogP contribution in [-0.2, 0) is 6.42 Å². The third kappa shape index (κ3) is 3.95. The van der Waals surface area contributed by atoms with Gasteiger partial charge in [0.2, 0.25) is 5.76 Å². The van der Waals surface area contributed by atoms with Crippen LogP contribution in [0.2, 0.25) is 0 Å². The Morgan fingerprint density at radius 3 is 2.70 bits per heavy atom. The molecule has 1 atom stereocenters. The minimum Gasteiger partial charge on any atom is -0.493 e. The number of nitrogens with zero attached hydrogens (tertiary/aromatic N) is 1. The zero-order valence-electron chi connectivity index (χ0n) is 18.6. The van der Waals surface area contributed by atoms with E-state index in [2.05, 4.69) is 12.1 Å². The largest absolute Gasteiger partial charge is 0.493 e. The third-order valence-electron chi connectivity index (χ3n) is 6.26. The second-order valence-electron chi connectivity index (χ2n) is 8.26. The molecule has 3 aliphatic rings. The average Bonchev–Trinajstić information content (AvgIpc) is 3.46. The molecule has 0 amide bonds. The number of carboxylic acid groups (broad SMARTS) is 1. The lowest BCUT2D eigenvalue weighted by Gasteiger charge is -2.24. The summed E-state index contributed by atoms with van der Waals surface area (Å²) < 4.78 is 22.1. The minimum atomic E-state index is -1.13. The smallest absolute Gasteiger partial charge is 0.371 e. The fourth-order valence-electron chi connectivity index (χ4n) is 4.72. The van der Waals surface area contributed by atoms with Gasteiger partial charge in [0.25, 0.3) is 5.95 Å². The van der Waals surface area contributed by atoms with E-state index in [0.717, 1.165) is 49.1 Å². The van der Waals surface area contributed by atoms with Crippen LogP contribution in [0.15, 0.2) is 74.5 Å². The maximum atomic E-state index is 11.1. The highest BCUT2D eigenvalue weighted by Gasteiger charge is 2.34. The van der Waals surface area contributed by atoms with Gasteiger partial charge in [0.05, 0.1) is 14.2 Å². The highest BCUT2D eigenvalue weighted by Crippen LogP contribution is 2.44. The maximum Gasteiger partial charge on any atom is 0.371 e. The van der Waals surface area contributed by atoms with Gasteiger partial charge in [-0.1, -0.05) is 12.1 Å². The first-order valence-corrected chi connectivity index (χ1v) is 11.0. The van der Waals surface area contributed by atoms with Crippen LogP contribution in [0.1, 0.15) is 41.8 Å². The van der Waals surface area contributed by atoms with Gasteiger partial charge < -0.3 is 23.7 Å². The molecule has 1 aliphatic heterocycles. The number of carboxylic acids is 1. The third-order valence-corrected chi connectivity index (χ3v) is 6.26. The van der Waals surface area contributed by atoms with E-state index >= 15 is 0 Å². The Morgan fingerprint density at radius 1 is 1.12 bits per heavy atom. The molecule has 1 aromatic carbocycles. The van der Waals surface area contributed by atoms with E-state index in [4.69, 9.17) is 28.7 Å². The first-order chi connectivity index (χ1) is 16.1. The van der Waals surface area contributed by atoms with E-state index in [1.807, 2.05) is 18.2 Å². The molecule has 7 nitrogen and oxygen atoms in total. The van der Waals surface area contributed by atoms with E-state index in [1.54, 1.807) is 14.2 Å². The standard InChI is InChI=1S/C26H25NO6/c1-30-19-9-7-15(14-22(19)31-2)13-16-8-10-20(32-23-12-11-21(33-23)26(28)29)25-24(16)17-5-3-4-6-18(17)27-25/h7-12,14,16H,3-6,13H2,1-2H3,(H,28,29). The Labute approximate surface area is 191 Å². The second kappa shape index (κ2) is 8.65. The zero-order valence-corrected chi connectivity index (χ0v) is 18.6. The number of hydrogen-bond acceptors (Lipinski definition) is 6. The highest BCUT2D eigenvalue weighted by molar-refractivity contribution is 6.06. The number of aromatic carboxylic acids is 1. The normalized spacial score (nSPS) is 19.2. The van der Waals surface area contributed by atoms with Crippen molar-refractivity contribution in [3.63, 3.8) is 0 Å². The molecule has 1 fully saturated rings. The van der Waals surface area contributed by atoms with Crippen LogP contribution in [0.4, 0.5) is 0 Å². The monoisotopic (exact) mass is 447 g/mol. The molecule has 0 spiro atoms. The van der Waals surface area contributed by atoms with E-state index in [1.165, 1.54) is 23.3 Å². The van der Waals surface area contributed by atoms with Crippen LogP contribution >= 0.6 is 0 Å². The number of allylic oxidation sites excluding steroid dienone is 4. The molecule has 1 saturated carbocycles. The van der Waals surface area contributed by atoms with Crippen molar-refractivity contribution < 1.29 is 28.5 Å². The number of aliphatic imine (C=N–C) groups is 1. The first-order valence-electron chi connectivity index (χ1n) is 11.0. The van der Waals surface area contributed by atoms with Gasteiger partial charge >= 0.3 is 5.97 Å². The molecule has 0 bridgehead atoms. The molecule has 1 unspecified atom stereocenters. The molecule has 2 heterocycles. The summed E-state index contributed by atoms with van der Waals surface area (Å²) in [5, 5.41) is 9.12. The van der Waals surface area contributed by atoms with Gasteiger partial charge in [0.15, 0.2) is 17.3 Å². The van der Waals surface area contributed by atoms with E-state index in [9.17, 15) is 4.79 Å². The van der Waals surface area contributed by atoms with Gasteiger partial charge in [-0.25, -0.2) is 9.79 Å². The predicted octanol–water partition coefficient (Wildman–Crippen LogP) is 5.34. The molecule has 2 aliphatic carbocycles. The molecular formula is C26H25NO6. The van der Waals surface area contributed by atoms with Crippen molar-refractivity contribution in [3.8, 4) is 17.4 Å². The van der Waals surface area contributed by atoms with Crippen LogP contribution < -0.4 is 14.2 Å². The van der Waals surface area contributed by atoms with Crippen molar-refractivity contribution in [2.24, 2.45) is 10.9 Å². The van der Waals surface area contributed by atoms with Crippen LogP contribution in [0.5, 0.6) is 17.4 Å². The van der Waals surface area contributed by atoms with Gasteiger partial charge in [0.1, 0.15) is 5.70 Å². The topological polar surface area (TPSA) is 90.5 Å². The van der Waals surface area contributed by atoms with Crippen LogP contribution in [0.3, 0.4) is 0 Å². The van der Waals surface area contributed by atoms with Crippen molar-refractivity contribution in [3.05, 3.63) is 76.4 Å². The van der Waals surface area contributed by atoms with Crippen LogP contribution in [-0.4, -0.2) is 31.0 Å². The van der Waals surface area contributed by atoms with Crippen molar-refractivity contribution in [1.29, 1.82) is 0 Å². The Morgan fingerprint density at radius 2 is 1.94 bits per heavy atom. The first kappa shape index (κ1) is 21.1. The Balaban J connectivity index is 1.48. The summed E-state index contributed by atoms with van der Waals surface area (Å²) in [6.07, 6.45) is 9.08. The quantitative estimate of drug-likeness (QED) is 0.616. The summed E-state index contributed by atoms with van der Waals surface area (Å²) in [5.41, 5.74) is 5.61. The Hall–Kier alpha value is -3.74. The second-order valence-corrected chi connectivity index (χ2v) is 8.26. The molecule has 0 saturated heterocycles. The highest BCUT2D eigenvalue weighted by atomic mass is 16.6. The molecule has 1 aromatic heterocycles. The zero-order chi connectivity index (χ0) is 22.9. The average molecular weight is 447 g/mol. The summed E-state index contributed by atoms with van der Waals surface area (Å²) in [6, 6.07) is 8.90. The van der Waals surface area contributed by atoms with Crippen molar-refractivity contribution in [2.75, 3.05) is 14.2 Å². The van der Waals surface area contributed by atoms with E-state index < -0.39 is 5.97 Å². The van der Waals surface area contributed by atoms with Crippen molar-refractivity contribution >= 4 is 11.7 Å². The fraction of sp³-hybridized carbons (Fsp3) is 0.308. The SMILES string of the molecule is COc1ccc(CC2C=CC(Oc3ccc(C(=O)O)o3)=C3N=C4CCCCC4=C32)cc1OC. The summed E-state index contributed by atoms with van der Waals surface area (Å²) in [5.74, 6) is 0.979. The molecule has 1 N–H and O–H groups in total. The number of methoxy groups -OCH3 is 2. The maximum absolute atomic E-state index is 11.1. The number of rotatable bonds is 7. The lowest BCUT2D eigenvalue weighted by Crippen LogP contribution is -2.15. The van der Waals surface area contributed by atoms with E-state index in [-0.39, 0.29) is 17.6 Å². The molecule has 2 aromatic rings. The fourth-order valence-corrected chi connectivity index (χ4v) is 4.72. The minimum absolute atomic E-state index is 0.136. The van der Waals surface area contributed by atoms with Crippen LogP contribution in [0.25, 0.3) is 0 Å². The molecule has 7 heteroatoms. The number of benzene rings is 1. The van der Waals surface area contributed by atoms with Gasteiger partial charge in [-0.05, 0) is 73.1 Å². The number of ether oxygens (including phenoxy) is 3. The lowest BCUT2D eigenvalue weighted by atomic mass is 9.80. The number of carbonyl (C=O) groups is 1. The number of fused-ring (bicyclic) bond motifs is 2. The molecule has 170 valence electrons. The van der Waals surface area contributed by atoms with Crippen molar-refractivity contribution in [2.45, 2.75) is 32.1 Å². The number of hydrogen-bond donors (Lipinski definition) is 1. The molecule has 0 radical (unpaired) electrons. The summed E-state index contributed by atoms with van der Waals surface area (Å²) in [6.45, 7) is 0. The number of furan rings is 1. The molecule has 33 heavy (non-hydrogen) atoms. The van der Waals surface area contributed by atoms with Gasteiger partial charge in [0, 0.05) is 17.7 Å². The van der Waals surface area contributed by atoms with Gasteiger partial charge in [-0.2, -0.15) is 0 Å². The summed E-state index contributed by atoms with van der Waals surface area (Å²) >= 11 is 0. The lowest BCUT2D eigenvalue weighted by molar-refractivity contribution is 0.0656. The van der Waals surface area contributed by atoms with Crippen LogP contribution in [0, 0.1) is 5.92 Å². The molecule has 5 rings (SSSR count).